The molecular weight excluding hydrogens is 484 g/mol. The zero-order valence-corrected chi connectivity index (χ0v) is 21.7. The standard InChI is InChI=1S/C30H26N2O4S/c1-34-20-14-12-19(25(17-20)36-3)16-26-29(33)32-28(22-10-6-7-11-24(22)35-2)23-15-13-18-8-4-5-9-21(18)27(23)31-30(32)37-26/h4-12,14,16-17,28H,13,15H2,1-3H3. The van der Waals surface area contributed by atoms with Crippen LogP contribution in [-0.2, 0) is 6.42 Å². The third kappa shape index (κ3) is 3.86. The second-order valence-electron chi connectivity index (χ2n) is 8.96. The van der Waals surface area contributed by atoms with E-state index in [1.165, 1.54) is 16.9 Å². The largest absolute Gasteiger partial charge is 0.497 e. The van der Waals surface area contributed by atoms with Crippen LogP contribution in [0.3, 0.4) is 0 Å². The van der Waals surface area contributed by atoms with Crippen LogP contribution in [0.5, 0.6) is 17.2 Å². The molecule has 0 amide bonds. The Morgan fingerprint density at radius 3 is 2.51 bits per heavy atom. The summed E-state index contributed by atoms with van der Waals surface area (Å²) in [6.45, 7) is 0. The summed E-state index contributed by atoms with van der Waals surface area (Å²) in [5.41, 5.74) is 6.21. The zero-order chi connectivity index (χ0) is 25.5. The Kier molecular flexibility index (Phi) is 5.93. The number of aryl methyl sites for hydroxylation is 1. The van der Waals surface area contributed by atoms with Gasteiger partial charge >= 0.3 is 0 Å². The van der Waals surface area contributed by atoms with Gasteiger partial charge in [-0.3, -0.25) is 9.36 Å². The van der Waals surface area contributed by atoms with Crippen LogP contribution in [0, 0.1) is 0 Å². The maximum absolute atomic E-state index is 14.0. The lowest BCUT2D eigenvalue weighted by Gasteiger charge is -2.31. The van der Waals surface area contributed by atoms with Crippen molar-refractivity contribution in [3.8, 4) is 17.2 Å². The number of rotatable bonds is 5. The normalized spacial score (nSPS) is 16.4. The number of methoxy groups -OCH3 is 3. The average molecular weight is 511 g/mol. The molecule has 0 bridgehead atoms. The number of hydrogen-bond acceptors (Lipinski definition) is 6. The van der Waals surface area contributed by atoms with Crippen molar-refractivity contribution < 1.29 is 14.2 Å². The molecule has 6 nitrogen and oxygen atoms in total. The molecule has 37 heavy (non-hydrogen) atoms. The fourth-order valence-electron chi connectivity index (χ4n) is 5.27. The van der Waals surface area contributed by atoms with Gasteiger partial charge in [-0.1, -0.05) is 53.8 Å². The van der Waals surface area contributed by atoms with E-state index in [2.05, 4.69) is 18.2 Å². The minimum Gasteiger partial charge on any atom is -0.497 e. The second-order valence-corrected chi connectivity index (χ2v) is 9.97. The van der Waals surface area contributed by atoms with Crippen molar-refractivity contribution in [2.24, 2.45) is 4.99 Å². The van der Waals surface area contributed by atoms with Crippen LogP contribution >= 0.6 is 11.3 Å². The van der Waals surface area contributed by atoms with Crippen molar-refractivity contribution >= 4 is 23.1 Å². The number of nitrogens with zero attached hydrogens (tertiary/aromatic N) is 2. The SMILES string of the molecule is COc1ccc(C=c2sc3n(c2=O)C(c2ccccc2OC)C2=C(N=3)c3ccccc3CC2)c(OC)c1. The molecule has 0 radical (unpaired) electrons. The van der Waals surface area contributed by atoms with Gasteiger partial charge in [0.15, 0.2) is 4.80 Å². The highest BCUT2D eigenvalue weighted by Crippen LogP contribution is 2.43. The van der Waals surface area contributed by atoms with Crippen molar-refractivity contribution in [2.75, 3.05) is 21.3 Å². The van der Waals surface area contributed by atoms with Crippen LogP contribution < -0.4 is 29.1 Å². The molecule has 0 saturated carbocycles. The lowest BCUT2D eigenvalue weighted by molar-refractivity contribution is 0.393. The minimum absolute atomic E-state index is 0.0806. The molecule has 2 aliphatic rings. The molecule has 0 N–H and O–H groups in total. The van der Waals surface area contributed by atoms with Crippen LogP contribution in [0.25, 0.3) is 11.8 Å². The molecular formula is C30H26N2O4S. The lowest BCUT2D eigenvalue weighted by atomic mass is 9.83. The summed E-state index contributed by atoms with van der Waals surface area (Å²) in [4.78, 5) is 19.8. The van der Waals surface area contributed by atoms with Crippen LogP contribution in [0.1, 0.15) is 34.7 Å². The fourth-order valence-corrected chi connectivity index (χ4v) is 6.26. The van der Waals surface area contributed by atoms with Gasteiger partial charge in [0.05, 0.1) is 37.6 Å². The van der Waals surface area contributed by atoms with E-state index in [9.17, 15) is 4.79 Å². The van der Waals surface area contributed by atoms with Crippen molar-refractivity contribution in [3.05, 3.63) is 114 Å². The molecule has 3 aromatic carbocycles. The molecule has 1 aromatic heterocycles. The molecule has 0 fully saturated rings. The summed E-state index contributed by atoms with van der Waals surface area (Å²) in [5.74, 6) is 2.09. The van der Waals surface area contributed by atoms with E-state index in [0.717, 1.165) is 46.6 Å². The summed E-state index contributed by atoms with van der Waals surface area (Å²) in [6, 6.07) is 21.6. The first-order chi connectivity index (χ1) is 18.1. The Labute approximate surface area is 218 Å². The topological polar surface area (TPSA) is 62.0 Å². The molecule has 0 spiro atoms. The van der Waals surface area contributed by atoms with Gasteiger partial charge < -0.3 is 14.2 Å². The van der Waals surface area contributed by atoms with Gasteiger partial charge in [-0.2, -0.15) is 0 Å². The summed E-state index contributed by atoms with van der Waals surface area (Å²) >= 11 is 1.39. The number of fused-ring (bicyclic) bond motifs is 3. The molecule has 1 aliphatic heterocycles. The number of aromatic nitrogens is 1. The van der Waals surface area contributed by atoms with Gasteiger partial charge in [0.2, 0.25) is 0 Å². The van der Waals surface area contributed by atoms with Crippen molar-refractivity contribution in [1.29, 1.82) is 0 Å². The highest BCUT2D eigenvalue weighted by molar-refractivity contribution is 7.07. The maximum atomic E-state index is 14.0. The van der Waals surface area contributed by atoms with E-state index in [0.29, 0.717) is 20.8 Å². The molecule has 7 heteroatoms. The molecule has 1 unspecified atom stereocenters. The summed E-state index contributed by atoms with van der Waals surface area (Å²) in [5, 5.41) is 0. The van der Waals surface area contributed by atoms with Gasteiger partial charge in [-0.05, 0) is 48.3 Å². The predicted octanol–water partition coefficient (Wildman–Crippen LogP) is 4.34. The summed E-state index contributed by atoms with van der Waals surface area (Å²) in [7, 11) is 4.90. The van der Waals surface area contributed by atoms with Gasteiger partial charge in [0.1, 0.15) is 17.2 Å². The Balaban J connectivity index is 1.62. The molecule has 6 rings (SSSR count). The van der Waals surface area contributed by atoms with E-state index in [1.54, 1.807) is 21.3 Å². The third-order valence-electron chi connectivity index (χ3n) is 7.03. The average Bonchev–Trinajstić information content (AvgIpc) is 3.26. The second kappa shape index (κ2) is 9.41. The van der Waals surface area contributed by atoms with E-state index in [4.69, 9.17) is 19.2 Å². The Morgan fingerprint density at radius 2 is 1.70 bits per heavy atom. The van der Waals surface area contributed by atoms with Crippen LogP contribution in [-0.4, -0.2) is 25.9 Å². The molecule has 1 atom stereocenters. The number of benzene rings is 3. The summed E-state index contributed by atoms with van der Waals surface area (Å²) < 4.78 is 19.1. The Bertz CT molecular complexity index is 1730. The molecule has 186 valence electrons. The van der Waals surface area contributed by atoms with Gasteiger partial charge in [-0.15, -0.1) is 0 Å². The number of allylic oxidation sites excluding steroid dienone is 1. The first-order valence-corrected chi connectivity index (χ1v) is 12.9. The molecule has 4 aromatic rings. The van der Waals surface area contributed by atoms with Gasteiger partial charge in [0.25, 0.3) is 5.56 Å². The Hall–Kier alpha value is -4.10. The number of thiazole rings is 1. The summed E-state index contributed by atoms with van der Waals surface area (Å²) in [6.07, 6.45) is 3.61. The first-order valence-electron chi connectivity index (χ1n) is 12.1. The maximum Gasteiger partial charge on any atom is 0.271 e. The van der Waals surface area contributed by atoms with Crippen LogP contribution in [0.2, 0.25) is 0 Å². The number of hydrogen-bond donors (Lipinski definition) is 0. The fraction of sp³-hybridized carbons (Fsp3) is 0.200. The van der Waals surface area contributed by atoms with Crippen molar-refractivity contribution in [2.45, 2.75) is 18.9 Å². The smallest absolute Gasteiger partial charge is 0.271 e. The monoisotopic (exact) mass is 510 g/mol. The lowest BCUT2D eigenvalue weighted by Crippen LogP contribution is -2.39. The quantitative estimate of drug-likeness (QED) is 0.401. The Morgan fingerprint density at radius 1 is 0.919 bits per heavy atom. The highest BCUT2D eigenvalue weighted by atomic mass is 32.1. The van der Waals surface area contributed by atoms with E-state index < -0.39 is 0 Å². The van der Waals surface area contributed by atoms with Gasteiger partial charge in [0, 0.05) is 22.8 Å². The third-order valence-corrected chi connectivity index (χ3v) is 8.02. The minimum atomic E-state index is -0.296. The zero-order valence-electron chi connectivity index (χ0n) is 20.9. The first kappa shape index (κ1) is 23.3. The van der Waals surface area contributed by atoms with E-state index in [-0.39, 0.29) is 11.6 Å². The predicted molar refractivity (Wildman–Crippen MR) is 145 cm³/mol. The van der Waals surface area contributed by atoms with Crippen LogP contribution in [0.15, 0.2) is 82.1 Å². The number of ether oxygens (including phenoxy) is 3. The van der Waals surface area contributed by atoms with Gasteiger partial charge in [-0.25, -0.2) is 4.99 Å². The van der Waals surface area contributed by atoms with E-state index >= 15 is 0 Å². The molecule has 1 aliphatic carbocycles. The van der Waals surface area contributed by atoms with Crippen molar-refractivity contribution in [1.82, 2.24) is 4.57 Å². The highest BCUT2D eigenvalue weighted by Gasteiger charge is 2.34. The number of para-hydroxylation sites is 1. The molecule has 0 saturated heterocycles. The molecule has 2 heterocycles. The van der Waals surface area contributed by atoms with Crippen LogP contribution in [0.4, 0.5) is 0 Å². The van der Waals surface area contributed by atoms with Crippen molar-refractivity contribution in [3.63, 3.8) is 0 Å². The van der Waals surface area contributed by atoms with E-state index in [1.807, 2.05) is 59.2 Å².